The number of rotatable bonds is 3. The quantitative estimate of drug-likeness (QED) is 0.850. The summed E-state index contributed by atoms with van der Waals surface area (Å²) in [6.07, 6.45) is 7.50. The highest BCUT2D eigenvalue weighted by atomic mass is 32.3. The zero-order valence-electron chi connectivity index (χ0n) is 11.9. The van der Waals surface area contributed by atoms with Gasteiger partial charge in [0.2, 0.25) is 5.88 Å². The summed E-state index contributed by atoms with van der Waals surface area (Å²) in [4.78, 5) is 11.7. The molecule has 0 unspecified atom stereocenters. The van der Waals surface area contributed by atoms with Gasteiger partial charge in [0.15, 0.2) is 0 Å². The molecule has 0 N–H and O–H groups in total. The van der Waals surface area contributed by atoms with E-state index >= 15 is 0 Å². The molecule has 0 aliphatic rings. The van der Waals surface area contributed by atoms with Gasteiger partial charge in [0.25, 0.3) is 0 Å². The maximum atomic E-state index is 11.7. The van der Waals surface area contributed by atoms with Crippen molar-refractivity contribution < 1.29 is 14.3 Å². The molecule has 0 aliphatic carbocycles. The van der Waals surface area contributed by atoms with Gasteiger partial charge < -0.3 is 9.47 Å². The van der Waals surface area contributed by atoms with Crippen LogP contribution in [0.15, 0.2) is 12.3 Å². The summed E-state index contributed by atoms with van der Waals surface area (Å²) in [5.41, 5.74) is -0.528. The summed E-state index contributed by atoms with van der Waals surface area (Å²) in [7, 11) is -0.750. The first-order chi connectivity index (χ1) is 8.07. The fraction of sp³-hybridized carbons (Fsp3) is 0.667. The molecule has 0 aliphatic heterocycles. The molecule has 18 heavy (non-hydrogen) atoms. The first-order valence-corrected chi connectivity index (χ1v) is 8.67. The molecule has 104 valence electrons. The molecule has 1 aromatic heterocycles. The molecular weight excluding hydrogens is 252 g/mol. The van der Waals surface area contributed by atoms with Gasteiger partial charge in [-0.25, -0.2) is 14.8 Å². The molecule has 0 saturated heterocycles. The second-order valence-corrected chi connectivity index (χ2v) is 10.3. The van der Waals surface area contributed by atoms with E-state index in [0.29, 0.717) is 11.8 Å². The Morgan fingerprint density at radius 1 is 1.39 bits per heavy atom. The number of carbonyl (C=O) groups is 1. The minimum Gasteiger partial charge on any atom is -0.467 e. The van der Waals surface area contributed by atoms with Crippen molar-refractivity contribution in [2.24, 2.45) is 0 Å². The lowest BCUT2D eigenvalue weighted by molar-refractivity contribution is 0.0512. The summed E-state index contributed by atoms with van der Waals surface area (Å²) in [5.74, 6) is 1.07. The van der Waals surface area contributed by atoms with Crippen LogP contribution in [0.25, 0.3) is 0 Å². The number of ether oxygens (including phenoxy) is 2. The molecule has 0 spiro atoms. The lowest BCUT2D eigenvalue weighted by Gasteiger charge is -2.23. The Bertz CT molecular complexity index is 416. The van der Waals surface area contributed by atoms with Gasteiger partial charge in [-0.05, 0) is 39.5 Å². The Balaban J connectivity index is 2.61. The smallest absolute Gasteiger partial charge is 0.435 e. The van der Waals surface area contributed by atoms with Crippen LogP contribution in [0.3, 0.4) is 0 Å². The first kappa shape index (κ1) is 14.9. The van der Waals surface area contributed by atoms with Crippen LogP contribution < -0.4 is 4.74 Å². The fourth-order valence-electron chi connectivity index (χ4n) is 1.03. The van der Waals surface area contributed by atoms with Crippen LogP contribution in [0.4, 0.5) is 4.79 Å². The number of hydrogen-bond acceptors (Lipinski definition) is 4. The van der Waals surface area contributed by atoms with Gasteiger partial charge in [0.05, 0.1) is 0 Å². The molecule has 1 rings (SSSR count). The Hall–Kier alpha value is -1.17. The van der Waals surface area contributed by atoms with Crippen LogP contribution in [0, 0.1) is 0 Å². The molecule has 0 radical (unpaired) electrons. The minimum atomic E-state index is -0.750. The number of aromatic nitrogens is 2. The third kappa shape index (κ3) is 5.44. The molecule has 0 amide bonds. The maximum absolute atomic E-state index is 11.7. The van der Waals surface area contributed by atoms with E-state index in [1.807, 2.05) is 20.8 Å². The van der Waals surface area contributed by atoms with E-state index in [1.54, 1.807) is 12.3 Å². The Labute approximate surface area is 110 Å². The summed E-state index contributed by atoms with van der Waals surface area (Å²) in [5, 5.41) is 4.03. The van der Waals surface area contributed by atoms with Gasteiger partial charge in [-0.15, -0.1) is 5.10 Å². The average Bonchev–Trinajstić information content (AvgIpc) is 2.58. The summed E-state index contributed by atoms with van der Waals surface area (Å²) in [6.45, 7) is 5.44. The normalized spacial score (nSPS) is 13.2. The largest absolute Gasteiger partial charge is 0.467 e. The highest BCUT2D eigenvalue weighted by Crippen LogP contribution is 2.34. The van der Waals surface area contributed by atoms with Crippen molar-refractivity contribution in [2.45, 2.75) is 26.4 Å². The Morgan fingerprint density at radius 2 is 2.00 bits per heavy atom. The highest BCUT2D eigenvalue weighted by molar-refractivity contribution is 8.32. The van der Waals surface area contributed by atoms with Gasteiger partial charge in [-0.3, -0.25) is 0 Å². The van der Waals surface area contributed by atoms with Gasteiger partial charge in [-0.1, -0.05) is 0 Å². The van der Waals surface area contributed by atoms with Crippen LogP contribution in [0.2, 0.25) is 0 Å². The molecule has 0 bridgehead atoms. The van der Waals surface area contributed by atoms with E-state index in [2.05, 4.69) is 23.9 Å². The van der Waals surface area contributed by atoms with Crippen LogP contribution in [0.5, 0.6) is 5.88 Å². The van der Waals surface area contributed by atoms with Gasteiger partial charge in [-0.2, -0.15) is 4.68 Å². The summed E-state index contributed by atoms with van der Waals surface area (Å²) in [6, 6.07) is 1.66. The second-order valence-electron chi connectivity index (χ2n) is 5.93. The molecule has 5 nitrogen and oxygen atoms in total. The van der Waals surface area contributed by atoms with E-state index in [4.69, 9.17) is 9.47 Å². The van der Waals surface area contributed by atoms with Crippen molar-refractivity contribution in [1.29, 1.82) is 0 Å². The van der Waals surface area contributed by atoms with Crippen molar-refractivity contribution >= 4 is 16.1 Å². The summed E-state index contributed by atoms with van der Waals surface area (Å²) >= 11 is 0. The van der Waals surface area contributed by atoms with E-state index < -0.39 is 21.7 Å². The third-order valence-corrected chi connectivity index (χ3v) is 2.53. The Morgan fingerprint density at radius 3 is 2.50 bits per heavy atom. The van der Waals surface area contributed by atoms with Gasteiger partial charge >= 0.3 is 6.09 Å². The zero-order chi connectivity index (χ0) is 14.0. The zero-order valence-corrected chi connectivity index (χ0v) is 12.7. The SMILES string of the molecule is CC(C)(C)OC(=O)n1ccc(OCS(C)(C)C)n1. The highest BCUT2D eigenvalue weighted by Gasteiger charge is 2.18. The fourth-order valence-corrected chi connectivity index (χ4v) is 1.51. The van der Waals surface area contributed by atoms with Crippen molar-refractivity contribution in [3.8, 4) is 5.88 Å². The molecule has 1 heterocycles. The van der Waals surface area contributed by atoms with Gasteiger partial charge in [0.1, 0.15) is 11.5 Å². The van der Waals surface area contributed by atoms with Crippen molar-refractivity contribution in [3.05, 3.63) is 12.3 Å². The van der Waals surface area contributed by atoms with E-state index in [0.717, 1.165) is 4.68 Å². The number of nitrogens with zero attached hydrogens (tertiary/aromatic N) is 2. The van der Waals surface area contributed by atoms with Crippen LogP contribution >= 0.6 is 10.0 Å². The second kappa shape index (κ2) is 5.22. The van der Waals surface area contributed by atoms with E-state index in [-0.39, 0.29) is 0 Å². The minimum absolute atomic E-state index is 0.447. The van der Waals surface area contributed by atoms with Crippen molar-refractivity contribution in [2.75, 3.05) is 24.7 Å². The molecule has 0 fully saturated rings. The molecular formula is C12H22N2O3S. The average molecular weight is 274 g/mol. The molecule has 1 aromatic rings. The lowest BCUT2D eigenvalue weighted by atomic mass is 10.2. The van der Waals surface area contributed by atoms with E-state index in [9.17, 15) is 4.79 Å². The van der Waals surface area contributed by atoms with Crippen LogP contribution in [-0.4, -0.2) is 46.2 Å². The van der Waals surface area contributed by atoms with Crippen molar-refractivity contribution in [3.63, 3.8) is 0 Å². The predicted molar refractivity (Wildman–Crippen MR) is 74.7 cm³/mol. The number of carbonyl (C=O) groups excluding carboxylic acids is 1. The Kier molecular flexibility index (Phi) is 4.32. The predicted octanol–water partition coefficient (Wildman–Crippen LogP) is 2.70. The van der Waals surface area contributed by atoms with Gasteiger partial charge in [0, 0.05) is 12.3 Å². The van der Waals surface area contributed by atoms with Crippen LogP contribution in [0.1, 0.15) is 20.8 Å². The maximum Gasteiger partial charge on any atom is 0.435 e. The monoisotopic (exact) mass is 274 g/mol. The molecule has 0 saturated carbocycles. The molecule has 0 atom stereocenters. The first-order valence-electron chi connectivity index (χ1n) is 5.65. The van der Waals surface area contributed by atoms with Crippen molar-refractivity contribution in [1.82, 2.24) is 9.78 Å². The standard InChI is InChI=1S/C12H22N2O3S/c1-12(2,3)17-11(15)14-8-7-10(13-14)16-9-18(4,5)6/h7-8H,9H2,1-6H3. The lowest BCUT2D eigenvalue weighted by Crippen LogP contribution is -2.27. The summed E-state index contributed by atoms with van der Waals surface area (Å²) < 4.78 is 11.9. The molecule has 6 heteroatoms. The van der Waals surface area contributed by atoms with Crippen LogP contribution in [-0.2, 0) is 4.74 Å². The molecule has 0 aromatic carbocycles. The van der Waals surface area contributed by atoms with E-state index in [1.165, 1.54) is 0 Å². The third-order valence-electron chi connectivity index (χ3n) is 1.71. The number of hydrogen-bond donors (Lipinski definition) is 0. The topological polar surface area (TPSA) is 53.4 Å².